The lowest BCUT2D eigenvalue weighted by atomic mass is 10.0. The average molecular weight is 380 g/mol. The van der Waals surface area contributed by atoms with Gasteiger partial charge in [0.2, 0.25) is 10.0 Å². The van der Waals surface area contributed by atoms with Crippen molar-refractivity contribution in [1.29, 1.82) is 0 Å². The first-order valence-corrected chi connectivity index (χ1v) is 9.95. The number of sulfonamides is 1. The summed E-state index contributed by atoms with van der Waals surface area (Å²) in [5.74, 6) is -1.02. The van der Waals surface area contributed by atoms with E-state index in [1.165, 1.54) is 12.1 Å². The highest BCUT2D eigenvalue weighted by Gasteiger charge is 2.25. The predicted molar refractivity (Wildman–Crippen MR) is 98.8 cm³/mol. The van der Waals surface area contributed by atoms with E-state index in [-0.39, 0.29) is 18.0 Å². The maximum atomic E-state index is 13.5. The maximum Gasteiger partial charge on any atom is 0.229 e. The molecule has 1 saturated heterocycles. The Morgan fingerprint density at radius 1 is 1.19 bits per heavy atom. The van der Waals surface area contributed by atoms with Crippen molar-refractivity contribution in [3.05, 3.63) is 53.3 Å². The number of halogens is 1. The van der Waals surface area contributed by atoms with Crippen LogP contribution in [-0.2, 0) is 10.0 Å². The molecule has 0 radical (unpaired) electrons. The lowest BCUT2D eigenvalue weighted by Gasteiger charge is -2.17. The summed E-state index contributed by atoms with van der Waals surface area (Å²) >= 11 is 0. The molecule has 1 aliphatic heterocycles. The number of hydrogen-bond donors (Lipinski definition) is 5. The fraction of sp³-hybridized carbons (Fsp3) is 0.294. The Balaban J connectivity index is 1.66. The summed E-state index contributed by atoms with van der Waals surface area (Å²) in [6, 6.07) is 9.46. The Bertz CT molecular complexity index is 920. The molecule has 2 unspecified atom stereocenters. The van der Waals surface area contributed by atoms with Crippen LogP contribution in [-0.4, -0.2) is 25.9 Å². The van der Waals surface area contributed by atoms with Crippen LogP contribution < -0.4 is 20.9 Å². The molecule has 0 aliphatic carbocycles. The minimum Gasteiger partial charge on any atom is -0.505 e. The van der Waals surface area contributed by atoms with Gasteiger partial charge in [0.05, 0.1) is 12.4 Å². The van der Waals surface area contributed by atoms with E-state index in [2.05, 4.69) is 20.9 Å². The third-order valence-corrected chi connectivity index (χ3v) is 4.74. The number of hydrogen-bond acceptors (Lipinski definition) is 6. The molecule has 2 aromatic carbocycles. The zero-order valence-electron chi connectivity index (χ0n) is 14.4. The molecule has 0 bridgehead atoms. The van der Waals surface area contributed by atoms with E-state index in [1.807, 2.05) is 6.92 Å². The van der Waals surface area contributed by atoms with Crippen molar-refractivity contribution >= 4 is 21.4 Å². The Kier molecular flexibility index (Phi) is 5.03. The molecule has 9 heteroatoms. The zero-order valence-corrected chi connectivity index (χ0v) is 15.2. The fourth-order valence-corrected chi connectivity index (χ4v) is 3.46. The molecule has 140 valence electrons. The van der Waals surface area contributed by atoms with Gasteiger partial charge in [-0.05, 0) is 48.4 Å². The summed E-state index contributed by atoms with van der Waals surface area (Å²) in [6.07, 6.45) is 1.67. The van der Waals surface area contributed by atoms with Crippen molar-refractivity contribution in [2.24, 2.45) is 0 Å². The van der Waals surface area contributed by atoms with Crippen LogP contribution in [0.5, 0.6) is 5.75 Å². The number of anilines is 2. The van der Waals surface area contributed by atoms with Crippen molar-refractivity contribution in [1.82, 2.24) is 10.9 Å². The molecule has 0 spiro atoms. The average Bonchev–Trinajstić information content (AvgIpc) is 3.00. The molecule has 0 amide bonds. The summed E-state index contributed by atoms with van der Waals surface area (Å²) in [5.41, 5.74) is 9.20. The standard InChI is InChI=1S/C17H21FN4O3S/c1-10-7-12(22-26(2,24)25)4-5-14(10)19-17-9-15(20-21-17)11-3-6-16(23)13(18)8-11/h3-8,15,17,19-23H,9H2,1-2H3. The Labute approximate surface area is 151 Å². The van der Waals surface area contributed by atoms with Gasteiger partial charge in [0, 0.05) is 23.8 Å². The molecule has 0 saturated carbocycles. The molecule has 2 atom stereocenters. The lowest BCUT2D eigenvalue weighted by molar-refractivity contribution is 0.430. The number of nitrogens with one attached hydrogen (secondary N) is 4. The molecule has 26 heavy (non-hydrogen) atoms. The Hall–Kier alpha value is -2.36. The fourth-order valence-electron chi connectivity index (χ4n) is 2.90. The number of hydrazine groups is 1. The second kappa shape index (κ2) is 7.10. The van der Waals surface area contributed by atoms with E-state index in [0.717, 1.165) is 23.1 Å². The monoisotopic (exact) mass is 380 g/mol. The van der Waals surface area contributed by atoms with Gasteiger partial charge in [0.25, 0.3) is 0 Å². The summed E-state index contributed by atoms with van der Waals surface area (Å²) < 4.78 is 38.6. The van der Waals surface area contributed by atoms with Crippen molar-refractivity contribution in [2.45, 2.75) is 25.6 Å². The maximum absolute atomic E-state index is 13.5. The van der Waals surface area contributed by atoms with Gasteiger partial charge in [-0.25, -0.2) is 23.7 Å². The second-order valence-corrected chi connectivity index (χ2v) is 8.14. The SMILES string of the molecule is Cc1cc(NS(C)(=O)=O)ccc1NC1CC(c2ccc(O)c(F)c2)NN1. The van der Waals surface area contributed by atoms with E-state index in [0.29, 0.717) is 12.1 Å². The third kappa shape index (κ3) is 4.43. The number of benzene rings is 2. The minimum atomic E-state index is -3.31. The highest BCUT2D eigenvalue weighted by molar-refractivity contribution is 7.92. The van der Waals surface area contributed by atoms with Gasteiger partial charge >= 0.3 is 0 Å². The van der Waals surface area contributed by atoms with Gasteiger partial charge in [-0.1, -0.05) is 6.07 Å². The van der Waals surface area contributed by atoms with E-state index in [9.17, 15) is 17.9 Å². The first-order valence-electron chi connectivity index (χ1n) is 8.06. The topological polar surface area (TPSA) is 102 Å². The van der Waals surface area contributed by atoms with Crippen LogP contribution in [0.2, 0.25) is 0 Å². The number of aromatic hydroxyl groups is 1. The van der Waals surface area contributed by atoms with Crippen molar-refractivity contribution in [3.8, 4) is 5.75 Å². The van der Waals surface area contributed by atoms with Gasteiger partial charge in [-0.2, -0.15) is 0 Å². The third-order valence-electron chi connectivity index (χ3n) is 4.14. The van der Waals surface area contributed by atoms with Crippen LogP contribution in [0.4, 0.5) is 15.8 Å². The van der Waals surface area contributed by atoms with Crippen LogP contribution in [0.25, 0.3) is 0 Å². The summed E-state index contributed by atoms with van der Waals surface area (Å²) in [5, 5.41) is 12.6. The lowest BCUT2D eigenvalue weighted by Crippen LogP contribution is -2.36. The zero-order chi connectivity index (χ0) is 18.9. The van der Waals surface area contributed by atoms with Crippen LogP contribution in [0.15, 0.2) is 36.4 Å². The molecule has 7 nitrogen and oxygen atoms in total. The molecule has 1 fully saturated rings. The molecule has 5 N–H and O–H groups in total. The highest BCUT2D eigenvalue weighted by Crippen LogP contribution is 2.28. The highest BCUT2D eigenvalue weighted by atomic mass is 32.2. The Morgan fingerprint density at radius 3 is 2.62 bits per heavy atom. The normalized spacial score (nSPS) is 20.1. The molecular formula is C17H21FN4O3S. The molecular weight excluding hydrogens is 359 g/mol. The molecule has 0 aromatic heterocycles. The molecule has 3 rings (SSSR count). The van der Waals surface area contributed by atoms with Crippen molar-refractivity contribution in [2.75, 3.05) is 16.3 Å². The minimum absolute atomic E-state index is 0.0933. The van der Waals surface area contributed by atoms with Gasteiger partial charge < -0.3 is 10.4 Å². The van der Waals surface area contributed by atoms with Gasteiger partial charge in [0.15, 0.2) is 11.6 Å². The van der Waals surface area contributed by atoms with Gasteiger partial charge in [0.1, 0.15) is 0 Å². The summed E-state index contributed by atoms with van der Waals surface area (Å²) in [4.78, 5) is 0. The van der Waals surface area contributed by atoms with Crippen LogP contribution in [0.1, 0.15) is 23.6 Å². The van der Waals surface area contributed by atoms with Crippen LogP contribution in [0, 0.1) is 12.7 Å². The number of rotatable bonds is 5. The number of phenolic OH excluding ortho intramolecular Hbond substituents is 1. The molecule has 1 heterocycles. The first-order chi connectivity index (χ1) is 12.2. The quantitative estimate of drug-likeness (QED) is 0.545. The molecule has 2 aromatic rings. The first kappa shape index (κ1) is 18.4. The smallest absolute Gasteiger partial charge is 0.229 e. The predicted octanol–water partition coefficient (Wildman–Crippen LogP) is 2.19. The number of phenols is 1. The van der Waals surface area contributed by atoms with Crippen LogP contribution >= 0.6 is 0 Å². The molecule has 1 aliphatic rings. The van der Waals surface area contributed by atoms with Crippen molar-refractivity contribution < 1.29 is 17.9 Å². The van der Waals surface area contributed by atoms with Crippen molar-refractivity contribution in [3.63, 3.8) is 0 Å². The number of aryl methyl sites for hydroxylation is 1. The largest absolute Gasteiger partial charge is 0.505 e. The van der Waals surface area contributed by atoms with E-state index in [1.54, 1.807) is 24.3 Å². The van der Waals surface area contributed by atoms with E-state index < -0.39 is 15.8 Å². The van der Waals surface area contributed by atoms with Gasteiger partial charge in [-0.3, -0.25) is 4.72 Å². The summed E-state index contributed by atoms with van der Waals surface area (Å²) in [6.45, 7) is 1.88. The summed E-state index contributed by atoms with van der Waals surface area (Å²) in [7, 11) is -3.31. The van der Waals surface area contributed by atoms with E-state index >= 15 is 0 Å². The Morgan fingerprint density at radius 2 is 1.96 bits per heavy atom. The second-order valence-electron chi connectivity index (χ2n) is 6.39. The van der Waals surface area contributed by atoms with Crippen LogP contribution in [0.3, 0.4) is 0 Å². The van der Waals surface area contributed by atoms with Gasteiger partial charge in [-0.15, -0.1) is 0 Å². The van der Waals surface area contributed by atoms with E-state index in [4.69, 9.17) is 0 Å².